The highest BCUT2D eigenvalue weighted by Gasteiger charge is 2.45. The quantitative estimate of drug-likeness (QED) is 0.248. The van der Waals surface area contributed by atoms with Crippen molar-refractivity contribution in [3.8, 4) is 17.0 Å². The SMILES string of the molecule is O=C1CCC(N2C(=O)c3ccc(N4CCN(CCC(=O)N5CC(c6cc7cc(-c8ccccc8O)nnc7[nH]6)C5)CC4)cc3C2=O)C(=O)N1. The normalized spacial score (nSPS) is 20.2. The monoisotopic (exact) mass is 662 g/mol. The molecule has 5 amide bonds. The third-order valence-corrected chi connectivity index (χ3v) is 10.1. The van der Waals surface area contributed by atoms with Gasteiger partial charge in [-0.1, -0.05) is 12.1 Å². The predicted octanol–water partition coefficient (Wildman–Crippen LogP) is 1.87. The van der Waals surface area contributed by atoms with Crippen molar-refractivity contribution < 1.29 is 29.1 Å². The fraction of sp³-hybridized carbons (Fsp3) is 0.343. The van der Waals surface area contributed by atoms with E-state index >= 15 is 0 Å². The number of piperazine rings is 1. The van der Waals surface area contributed by atoms with Gasteiger partial charge in [-0.25, -0.2) is 0 Å². The molecule has 0 bridgehead atoms. The first-order valence-electron chi connectivity index (χ1n) is 16.5. The summed E-state index contributed by atoms with van der Waals surface area (Å²) < 4.78 is 0. The van der Waals surface area contributed by atoms with Crippen molar-refractivity contribution in [2.45, 2.75) is 31.2 Å². The molecule has 1 unspecified atom stereocenters. The molecule has 1 atom stereocenters. The Kier molecular flexibility index (Phi) is 7.59. The van der Waals surface area contributed by atoms with Crippen LogP contribution in [0.4, 0.5) is 5.69 Å². The van der Waals surface area contributed by atoms with Gasteiger partial charge in [-0.2, -0.15) is 0 Å². The Morgan fingerprint density at radius 1 is 0.878 bits per heavy atom. The maximum Gasteiger partial charge on any atom is 0.262 e. The van der Waals surface area contributed by atoms with E-state index in [-0.39, 0.29) is 41.5 Å². The van der Waals surface area contributed by atoms with Gasteiger partial charge in [-0.05, 0) is 48.9 Å². The third kappa shape index (κ3) is 5.57. The van der Waals surface area contributed by atoms with Crippen LogP contribution in [0.3, 0.4) is 0 Å². The predicted molar refractivity (Wildman–Crippen MR) is 177 cm³/mol. The minimum atomic E-state index is -0.990. The molecule has 4 aromatic rings. The maximum atomic E-state index is 13.2. The molecule has 0 spiro atoms. The van der Waals surface area contributed by atoms with Crippen LogP contribution in [0.2, 0.25) is 0 Å². The summed E-state index contributed by atoms with van der Waals surface area (Å²) in [5.41, 5.74) is 4.27. The van der Waals surface area contributed by atoms with Crippen LogP contribution < -0.4 is 10.2 Å². The Hall–Kier alpha value is -5.63. The van der Waals surface area contributed by atoms with E-state index in [4.69, 9.17) is 0 Å². The largest absolute Gasteiger partial charge is 0.507 e. The summed E-state index contributed by atoms with van der Waals surface area (Å²) >= 11 is 0. The smallest absolute Gasteiger partial charge is 0.262 e. The second-order valence-electron chi connectivity index (χ2n) is 13.0. The summed E-state index contributed by atoms with van der Waals surface area (Å²) in [5.74, 6) is -1.59. The highest BCUT2D eigenvalue weighted by molar-refractivity contribution is 6.23. The average Bonchev–Trinajstić information content (AvgIpc) is 3.60. The molecular weight excluding hydrogens is 628 g/mol. The average molecular weight is 663 g/mol. The van der Waals surface area contributed by atoms with Gasteiger partial charge in [0, 0.05) is 86.9 Å². The number of imide groups is 2. The number of hydrogen-bond donors (Lipinski definition) is 3. The summed E-state index contributed by atoms with van der Waals surface area (Å²) in [6.45, 7) is 4.84. The van der Waals surface area contributed by atoms with Gasteiger partial charge in [0.15, 0.2) is 5.65 Å². The number of piperidine rings is 1. The third-order valence-electron chi connectivity index (χ3n) is 10.1. The van der Waals surface area contributed by atoms with Crippen LogP contribution in [0, 0.1) is 0 Å². The number of hydrogen-bond acceptors (Lipinski definition) is 10. The standard InChI is InChI=1S/C35H34N8O6/c44-29-4-2-1-3-24(29)27-16-20-15-26(36-32(20)39-38-27)21-18-42(19-21)31(46)9-10-40-11-13-41(14-12-40)22-5-6-23-25(17-22)35(49)43(34(23)48)28-7-8-30(45)37-33(28)47/h1-6,15-17,21,28,44H,7-14,18-19H2,(H,36,39)(H,37,45,47). The number of aromatic nitrogens is 3. The highest BCUT2D eigenvalue weighted by atomic mass is 16.3. The number of benzene rings is 2. The summed E-state index contributed by atoms with van der Waals surface area (Å²) in [7, 11) is 0. The summed E-state index contributed by atoms with van der Waals surface area (Å²) in [6, 6.07) is 15.2. The zero-order valence-corrected chi connectivity index (χ0v) is 26.6. The van der Waals surface area contributed by atoms with E-state index in [1.165, 1.54) is 0 Å². The van der Waals surface area contributed by atoms with Gasteiger partial charge in [-0.15, -0.1) is 10.2 Å². The fourth-order valence-electron chi connectivity index (χ4n) is 7.17. The molecule has 49 heavy (non-hydrogen) atoms. The molecule has 6 heterocycles. The first kappa shape index (κ1) is 30.7. The van der Waals surface area contributed by atoms with Gasteiger partial charge >= 0.3 is 0 Å². The van der Waals surface area contributed by atoms with E-state index < -0.39 is 29.7 Å². The number of anilines is 1. The van der Waals surface area contributed by atoms with Crippen molar-refractivity contribution in [1.29, 1.82) is 0 Å². The minimum absolute atomic E-state index is 0.0783. The minimum Gasteiger partial charge on any atom is -0.507 e. The number of amides is 5. The van der Waals surface area contributed by atoms with Crippen LogP contribution in [-0.2, 0) is 14.4 Å². The van der Waals surface area contributed by atoms with Gasteiger partial charge < -0.3 is 19.9 Å². The topological polar surface area (TPSA) is 172 Å². The van der Waals surface area contributed by atoms with E-state index in [9.17, 15) is 29.1 Å². The number of H-pyrrole nitrogens is 1. The van der Waals surface area contributed by atoms with Crippen molar-refractivity contribution in [2.75, 3.05) is 50.7 Å². The number of carbonyl (C=O) groups excluding carboxylic acids is 5. The molecule has 2 aromatic heterocycles. The molecule has 3 N–H and O–H groups in total. The van der Waals surface area contributed by atoms with Gasteiger partial charge in [-0.3, -0.25) is 39.1 Å². The molecule has 0 radical (unpaired) electrons. The van der Waals surface area contributed by atoms with Crippen LogP contribution in [0.15, 0.2) is 54.6 Å². The molecule has 4 aliphatic rings. The van der Waals surface area contributed by atoms with Crippen LogP contribution in [0.5, 0.6) is 5.75 Å². The number of aromatic hydroxyl groups is 1. The molecule has 0 saturated carbocycles. The number of rotatable bonds is 7. The number of para-hydroxylation sites is 1. The van der Waals surface area contributed by atoms with Gasteiger partial charge in [0.1, 0.15) is 11.8 Å². The molecule has 3 saturated heterocycles. The number of phenols is 1. The second kappa shape index (κ2) is 12.1. The number of aromatic amines is 1. The summed E-state index contributed by atoms with van der Waals surface area (Å²) in [6.07, 6.45) is 0.629. The van der Waals surface area contributed by atoms with Crippen LogP contribution in [-0.4, -0.2) is 116 Å². The van der Waals surface area contributed by atoms with Crippen molar-refractivity contribution >= 4 is 46.3 Å². The zero-order chi connectivity index (χ0) is 33.8. The Labute approximate surface area is 280 Å². The molecule has 4 aliphatic heterocycles. The number of likely N-dealkylation sites (tertiary alicyclic amines) is 1. The van der Waals surface area contributed by atoms with Crippen molar-refractivity contribution in [3.05, 3.63) is 71.4 Å². The fourth-order valence-corrected chi connectivity index (χ4v) is 7.17. The highest BCUT2D eigenvalue weighted by Crippen LogP contribution is 2.33. The van der Waals surface area contributed by atoms with Crippen molar-refractivity contribution in [3.63, 3.8) is 0 Å². The molecule has 2 aromatic carbocycles. The molecule has 8 rings (SSSR count). The molecule has 14 heteroatoms. The van der Waals surface area contributed by atoms with Crippen molar-refractivity contribution in [2.24, 2.45) is 0 Å². The summed E-state index contributed by atoms with van der Waals surface area (Å²) in [4.78, 5) is 73.8. The van der Waals surface area contributed by atoms with Crippen molar-refractivity contribution in [1.82, 2.24) is 35.2 Å². The number of nitrogens with one attached hydrogen (secondary N) is 2. The van der Waals surface area contributed by atoms with Gasteiger partial charge in [0.05, 0.1) is 16.8 Å². The molecular formula is C35H34N8O6. The Morgan fingerprint density at radius 2 is 1.65 bits per heavy atom. The lowest BCUT2D eigenvalue weighted by Gasteiger charge is -2.40. The molecule has 3 fully saturated rings. The van der Waals surface area contributed by atoms with E-state index in [1.54, 1.807) is 30.3 Å². The lowest BCUT2D eigenvalue weighted by atomic mass is 9.96. The van der Waals surface area contributed by atoms with E-state index in [0.29, 0.717) is 56.0 Å². The molecule has 14 nitrogen and oxygen atoms in total. The lowest BCUT2D eigenvalue weighted by molar-refractivity contribution is -0.137. The first-order valence-corrected chi connectivity index (χ1v) is 16.5. The maximum absolute atomic E-state index is 13.2. The zero-order valence-electron chi connectivity index (χ0n) is 26.6. The molecule has 0 aliphatic carbocycles. The van der Waals surface area contributed by atoms with E-state index in [1.807, 2.05) is 29.2 Å². The first-order chi connectivity index (χ1) is 23.7. The second-order valence-corrected chi connectivity index (χ2v) is 13.0. The summed E-state index contributed by atoms with van der Waals surface area (Å²) in [5, 5.41) is 21.9. The molecule has 250 valence electrons. The van der Waals surface area contributed by atoms with E-state index in [2.05, 4.69) is 30.3 Å². The van der Waals surface area contributed by atoms with Crippen LogP contribution in [0.1, 0.15) is 51.6 Å². The number of carbonyl (C=O) groups is 5. The Bertz CT molecular complexity index is 2030. The van der Waals surface area contributed by atoms with Crippen LogP contribution in [0.25, 0.3) is 22.3 Å². The Balaban J connectivity index is 0.816. The van der Waals surface area contributed by atoms with Gasteiger partial charge in [0.25, 0.3) is 11.8 Å². The van der Waals surface area contributed by atoms with E-state index in [0.717, 1.165) is 34.8 Å². The van der Waals surface area contributed by atoms with Crippen LogP contribution >= 0.6 is 0 Å². The number of nitrogens with zero attached hydrogens (tertiary/aromatic N) is 6. The van der Waals surface area contributed by atoms with Gasteiger partial charge in [0.2, 0.25) is 17.7 Å². The Morgan fingerprint density at radius 3 is 2.43 bits per heavy atom. The number of fused-ring (bicyclic) bond motifs is 2. The number of phenolic OH excluding ortho intramolecular Hbond substituents is 1. The lowest BCUT2D eigenvalue weighted by Crippen LogP contribution is -2.54.